The van der Waals surface area contributed by atoms with Gasteiger partial charge >= 0.3 is 0 Å². The molecule has 0 amide bonds. The Morgan fingerprint density at radius 2 is 1.11 bits per heavy atom. The molecule has 0 aliphatic carbocycles. The van der Waals surface area contributed by atoms with Crippen molar-refractivity contribution in [2.75, 3.05) is 33.5 Å². The highest BCUT2D eigenvalue weighted by Crippen LogP contribution is 2.36. The normalized spacial score (nSPS) is 10.2. The Bertz CT molecular complexity index is 1550. The second kappa shape index (κ2) is 18.3. The first-order valence-corrected chi connectivity index (χ1v) is 14.8. The summed E-state index contributed by atoms with van der Waals surface area (Å²) in [5, 5.41) is 0. The summed E-state index contributed by atoms with van der Waals surface area (Å²) in [4.78, 5) is -0.0666. The van der Waals surface area contributed by atoms with Crippen molar-refractivity contribution in [3.63, 3.8) is 0 Å². The minimum atomic E-state index is -4.02. The van der Waals surface area contributed by atoms with Gasteiger partial charge in [0, 0.05) is 0 Å². The second-order valence-electron chi connectivity index (χ2n) is 9.02. The van der Waals surface area contributed by atoms with E-state index in [9.17, 15) is 8.42 Å². The molecule has 10 heteroatoms. The van der Waals surface area contributed by atoms with Crippen LogP contribution in [0.4, 0.5) is 0 Å². The standard InChI is InChI=1S/C27H28O5.C7H8O3S.H2S/c1-4-29-16-18-31-23-10-6-21(7-11-23)26-15-14-25(28-3)20-27(26)22-8-12-24(13-9-22)32-19-17-30-5-2;1-6-2-4-7(5-3-6)11(8,9)10;/h4-15,20H,1-2,16-19H2,3H3;2-5H,1H3,(H,8,9,10);1H2. The van der Waals surface area contributed by atoms with E-state index in [1.54, 1.807) is 19.2 Å². The van der Waals surface area contributed by atoms with Crippen molar-refractivity contribution < 1.29 is 36.7 Å². The Kier molecular flexibility index (Phi) is 14.9. The molecule has 0 spiro atoms. The number of benzene rings is 4. The third-order valence-electron chi connectivity index (χ3n) is 6.05. The molecule has 0 bridgehead atoms. The summed E-state index contributed by atoms with van der Waals surface area (Å²) >= 11 is 0. The van der Waals surface area contributed by atoms with Crippen LogP contribution in [0.25, 0.3) is 22.3 Å². The summed E-state index contributed by atoms with van der Waals surface area (Å²) in [7, 11) is -2.35. The van der Waals surface area contributed by atoms with Gasteiger partial charge in [-0.05, 0) is 77.7 Å². The highest BCUT2D eigenvalue weighted by molar-refractivity contribution is 7.85. The molecular formula is C34H38O8S2. The first-order valence-electron chi connectivity index (χ1n) is 13.4. The van der Waals surface area contributed by atoms with Crippen LogP contribution >= 0.6 is 13.5 Å². The third kappa shape index (κ3) is 11.4. The molecule has 0 aromatic heterocycles. The Morgan fingerprint density at radius 1 is 0.659 bits per heavy atom. The molecule has 0 atom stereocenters. The minimum Gasteiger partial charge on any atom is -0.498 e. The molecule has 0 aliphatic rings. The molecule has 0 saturated carbocycles. The van der Waals surface area contributed by atoms with Crippen LogP contribution in [-0.4, -0.2) is 46.5 Å². The summed E-state index contributed by atoms with van der Waals surface area (Å²) in [6.07, 6.45) is 2.82. The molecule has 0 aliphatic heterocycles. The highest BCUT2D eigenvalue weighted by Gasteiger charge is 2.11. The van der Waals surface area contributed by atoms with Gasteiger partial charge in [-0.1, -0.05) is 61.2 Å². The largest absolute Gasteiger partial charge is 0.498 e. The van der Waals surface area contributed by atoms with Crippen LogP contribution in [0.1, 0.15) is 5.56 Å². The highest BCUT2D eigenvalue weighted by atomic mass is 32.2. The van der Waals surface area contributed by atoms with Crippen molar-refractivity contribution >= 4 is 23.6 Å². The Balaban J connectivity index is 0.000000475. The number of aryl methyl sites for hydroxylation is 1. The maximum absolute atomic E-state index is 10.5. The third-order valence-corrected chi connectivity index (χ3v) is 6.92. The maximum atomic E-state index is 10.5. The molecule has 234 valence electrons. The van der Waals surface area contributed by atoms with E-state index in [1.165, 1.54) is 24.7 Å². The zero-order valence-electron chi connectivity index (χ0n) is 24.8. The van der Waals surface area contributed by atoms with Crippen LogP contribution < -0.4 is 14.2 Å². The average Bonchev–Trinajstić information content (AvgIpc) is 3.02. The Labute approximate surface area is 266 Å². The smallest absolute Gasteiger partial charge is 0.294 e. The van der Waals surface area contributed by atoms with E-state index in [0.717, 1.165) is 45.1 Å². The van der Waals surface area contributed by atoms with Gasteiger partial charge in [-0.25, -0.2) is 0 Å². The van der Waals surface area contributed by atoms with Crippen LogP contribution in [0.15, 0.2) is 122 Å². The lowest BCUT2D eigenvalue weighted by Gasteiger charge is -2.14. The van der Waals surface area contributed by atoms with Crippen molar-refractivity contribution in [2.45, 2.75) is 11.8 Å². The molecule has 4 aromatic rings. The molecule has 1 N–H and O–H groups in total. The van der Waals surface area contributed by atoms with E-state index in [1.807, 2.05) is 67.6 Å². The Morgan fingerprint density at radius 3 is 1.55 bits per heavy atom. The molecule has 0 heterocycles. The van der Waals surface area contributed by atoms with Gasteiger partial charge < -0.3 is 23.7 Å². The minimum absolute atomic E-state index is 0. The zero-order valence-corrected chi connectivity index (χ0v) is 26.6. The van der Waals surface area contributed by atoms with E-state index >= 15 is 0 Å². The van der Waals surface area contributed by atoms with Gasteiger partial charge in [-0.15, -0.1) is 0 Å². The predicted molar refractivity (Wildman–Crippen MR) is 179 cm³/mol. The van der Waals surface area contributed by atoms with Gasteiger partial charge in [-0.2, -0.15) is 21.9 Å². The summed E-state index contributed by atoms with van der Waals surface area (Å²) < 4.78 is 56.6. The van der Waals surface area contributed by atoms with E-state index in [2.05, 4.69) is 19.2 Å². The number of ether oxygens (including phenoxy) is 5. The van der Waals surface area contributed by atoms with Gasteiger partial charge in [0.2, 0.25) is 0 Å². The van der Waals surface area contributed by atoms with Crippen LogP contribution in [-0.2, 0) is 19.6 Å². The van der Waals surface area contributed by atoms with Crippen molar-refractivity contribution in [2.24, 2.45) is 0 Å². The Hall–Kier alpha value is -4.38. The number of rotatable bonds is 14. The van der Waals surface area contributed by atoms with Crippen LogP contribution in [0.5, 0.6) is 17.2 Å². The second-order valence-corrected chi connectivity index (χ2v) is 10.4. The quantitative estimate of drug-likeness (QED) is 0.0863. The first-order chi connectivity index (χ1) is 20.7. The number of hydrogen-bond acceptors (Lipinski definition) is 7. The number of hydrogen-bond donors (Lipinski definition) is 1. The zero-order chi connectivity index (χ0) is 31.1. The molecule has 0 fully saturated rings. The van der Waals surface area contributed by atoms with E-state index < -0.39 is 10.1 Å². The van der Waals surface area contributed by atoms with Crippen molar-refractivity contribution in [1.29, 1.82) is 0 Å². The van der Waals surface area contributed by atoms with Crippen molar-refractivity contribution in [3.8, 4) is 39.5 Å². The van der Waals surface area contributed by atoms with Gasteiger partial charge in [0.1, 0.15) is 43.7 Å². The van der Waals surface area contributed by atoms with Crippen molar-refractivity contribution in [1.82, 2.24) is 0 Å². The molecule has 4 aromatic carbocycles. The molecule has 44 heavy (non-hydrogen) atoms. The fraction of sp³-hybridized carbons (Fsp3) is 0.176. The van der Waals surface area contributed by atoms with E-state index in [0.29, 0.717) is 26.4 Å². The molecule has 4 rings (SSSR count). The molecule has 8 nitrogen and oxygen atoms in total. The van der Waals surface area contributed by atoms with Crippen LogP contribution in [0, 0.1) is 6.92 Å². The van der Waals surface area contributed by atoms with E-state index in [4.69, 9.17) is 28.2 Å². The molecule has 0 unspecified atom stereocenters. The monoisotopic (exact) mass is 638 g/mol. The van der Waals surface area contributed by atoms with E-state index in [-0.39, 0.29) is 18.4 Å². The molecule has 0 radical (unpaired) electrons. The topological polar surface area (TPSA) is 101 Å². The lowest BCUT2D eigenvalue weighted by Crippen LogP contribution is -2.03. The van der Waals surface area contributed by atoms with Gasteiger partial charge in [0.05, 0.1) is 24.5 Å². The summed E-state index contributed by atoms with van der Waals surface area (Å²) in [6.45, 7) is 10.7. The lowest BCUT2D eigenvalue weighted by molar-refractivity contribution is 0.179. The first kappa shape index (κ1) is 35.8. The summed E-state index contributed by atoms with van der Waals surface area (Å²) in [6, 6.07) is 28.1. The average molecular weight is 639 g/mol. The summed E-state index contributed by atoms with van der Waals surface area (Å²) in [5.74, 6) is 2.37. The molecule has 0 saturated heterocycles. The summed E-state index contributed by atoms with van der Waals surface area (Å²) in [5.41, 5.74) is 5.27. The fourth-order valence-electron chi connectivity index (χ4n) is 3.89. The molecular weight excluding hydrogens is 601 g/mol. The number of methoxy groups -OCH3 is 1. The SMILES string of the molecule is C=COCCOc1ccc(-c2ccc(OC)cc2-c2ccc(OCCOC=C)cc2)cc1.Cc1ccc(S(=O)(=O)O)cc1.S. The van der Waals surface area contributed by atoms with Crippen molar-refractivity contribution in [3.05, 3.63) is 122 Å². The van der Waals surface area contributed by atoms with Gasteiger partial charge in [-0.3, -0.25) is 4.55 Å². The van der Waals surface area contributed by atoms with Crippen LogP contribution in [0.3, 0.4) is 0 Å². The van der Waals surface area contributed by atoms with Gasteiger partial charge in [0.15, 0.2) is 0 Å². The predicted octanol–water partition coefficient (Wildman–Crippen LogP) is 7.46. The maximum Gasteiger partial charge on any atom is 0.294 e. The lowest BCUT2D eigenvalue weighted by atomic mass is 9.94. The van der Waals surface area contributed by atoms with Gasteiger partial charge in [0.25, 0.3) is 10.1 Å². The van der Waals surface area contributed by atoms with Crippen LogP contribution in [0.2, 0.25) is 0 Å². The fourth-order valence-corrected chi connectivity index (χ4v) is 4.37.